The van der Waals surface area contributed by atoms with Gasteiger partial charge in [0.2, 0.25) is 0 Å². The van der Waals surface area contributed by atoms with Crippen molar-refractivity contribution < 1.29 is 0 Å². The van der Waals surface area contributed by atoms with Crippen LogP contribution in [0.25, 0.3) is 11.0 Å². The van der Waals surface area contributed by atoms with Crippen LogP contribution in [-0.2, 0) is 6.54 Å². The Morgan fingerprint density at radius 2 is 1.74 bits per heavy atom. The number of hydrogen-bond acceptors (Lipinski definition) is 4. The van der Waals surface area contributed by atoms with Crippen molar-refractivity contribution in [3.05, 3.63) is 54.5 Å². The Labute approximate surface area is 141 Å². The second-order valence-corrected chi connectivity index (χ2v) is 5.65. The summed E-state index contributed by atoms with van der Waals surface area (Å²) in [5.74, 6) is 2.12. The second-order valence-electron chi connectivity index (χ2n) is 5.65. The highest BCUT2D eigenvalue weighted by atomic mass is 35.5. The fourth-order valence-corrected chi connectivity index (χ4v) is 2.97. The minimum absolute atomic E-state index is 0. The van der Waals surface area contributed by atoms with E-state index in [1.807, 2.05) is 36.5 Å². The third-order valence-corrected chi connectivity index (χ3v) is 4.16. The molecule has 23 heavy (non-hydrogen) atoms. The van der Waals surface area contributed by atoms with E-state index < -0.39 is 0 Å². The molecule has 0 atom stereocenters. The zero-order valence-electron chi connectivity index (χ0n) is 12.9. The Morgan fingerprint density at radius 1 is 0.957 bits per heavy atom. The molecule has 3 heterocycles. The van der Waals surface area contributed by atoms with Crippen molar-refractivity contribution in [3.8, 4) is 0 Å². The molecule has 0 spiro atoms. The molecule has 1 aliphatic heterocycles. The van der Waals surface area contributed by atoms with Crippen molar-refractivity contribution >= 4 is 29.3 Å². The number of nitrogens with zero attached hydrogens (tertiary/aromatic N) is 4. The van der Waals surface area contributed by atoms with Crippen LogP contribution in [0.2, 0.25) is 0 Å². The van der Waals surface area contributed by atoms with Gasteiger partial charge in [0, 0.05) is 32.4 Å². The van der Waals surface area contributed by atoms with Gasteiger partial charge >= 0.3 is 0 Å². The summed E-state index contributed by atoms with van der Waals surface area (Å²) in [6, 6.07) is 14.3. The predicted molar refractivity (Wildman–Crippen MR) is 95.1 cm³/mol. The number of piperazine rings is 1. The van der Waals surface area contributed by atoms with Gasteiger partial charge in [-0.15, -0.1) is 12.4 Å². The van der Waals surface area contributed by atoms with Crippen LogP contribution in [0.1, 0.15) is 5.82 Å². The molecule has 0 bridgehead atoms. The monoisotopic (exact) mass is 329 g/mol. The van der Waals surface area contributed by atoms with E-state index in [1.165, 1.54) is 0 Å². The summed E-state index contributed by atoms with van der Waals surface area (Å²) in [5.41, 5.74) is 2.16. The van der Waals surface area contributed by atoms with E-state index >= 15 is 0 Å². The van der Waals surface area contributed by atoms with Gasteiger partial charge in [-0.25, -0.2) is 9.97 Å². The second kappa shape index (κ2) is 6.98. The predicted octanol–water partition coefficient (Wildman–Crippen LogP) is 2.70. The number of hydrogen-bond donors (Lipinski definition) is 1. The summed E-state index contributed by atoms with van der Waals surface area (Å²) < 4.78 is 0. The fourth-order valence-electron chi connectivity index (χ4n) is 2.97. The number of anilines is 1. The summed E-state index contributed by atoms with van der Waals surface area (Å²) in [4.78, 5) is 17.3. The number of benzene rings is 1. The van der Waals surface area contributed by atoms with Gasteiger partial charge in [-0.05, 0) is 24.3 Å². The molecule has 0 amide bonds. The minimum atomic E-state index is 0. The summed E-state index contributed by atoms with van der Waals surface area (Å²) in [7, 11) is 0. The molecule has 1 N–H and O–H groups in total. The van der Waals surface area contributed by atoms with Gasteiger partial charge in [-0.3, -0.25) is 4.90 Å². The van der Waals surface area contributed by atoms with Crippen LogP contribution in [0.3, 0.4) is 0 Å². The van der Waals surface area contributed by atoms with Gasteiger partial charge in [0.15, 0.2) is 0 Å². The van der Waals surface area contributed by atoms with Crippen LogP contribution in [0.5, 0.6) is 0 Å². The molecule has 2 aromatic heterocycles. The van der Waals surface area contributed by atoms with Crippen molar-refractivity contribution in [2.75, 3.05) is 31.1 Å². The van der Waals surface area contributed by atoms with Crippen LogP contribution in [0.15, 0.2) is 48.7 Å². The Bertz CT molecular complexity index is 717. The number of pyridine rings is 1. The quantitative estimate of drug-likeness (QED) is 0.802. The average Bonchev–Trinajstić information content (AvgIpc) is 2.98. The smallest absolute Gasteiger partial charge is 0.128 e. The number of H-pyrrole nitrogens is 1. The number of imidazole rings is 1. The van der Waals surface area contributed by atoms with Crippen molar-refractivity contribution in [1.29, 1.82) is 0 Å². The molecule has 4 rings (SSSR count). The third-order valence-electron chi connectivity index (χ3n) is 4.16. The Hall–Kier alpha value is -2.11. The Kier molecular flexibility index (Phi) is 4.79. The number of fused-ring (bicyclic) bond motifs is 1. The summed E-state index contributed by atoms with van der Waals surface area (Å²) >= 11 is 0. The molecule has 1 fully saturated rings. The molecule has 3 aromatic rings. The number of nitrogens with one attached hydrogen (secondary N) is 1. The first-order valence-corrected chi connectivity index (χ1v) is 7.70. The first-order chi connectivity index (χ1) is 10.9. The number of aromatic nitrogens is 3. The van der Waals surface area contributed by atoms with Crippen molar-refractivity contribution in [1.82, 2.24) is 19.9 Å². The molecule has 0 saturated carbocycles. The lowest BCUT2D eigenvalue weighted by Crippen LogP contribution is -2.46. The molecule has 1 aromatic carbocycles. The van der Waals surface area contributed by atoms with Gasteiger partial charge in [0.05, 0.1) is 17.6 Å². The Morgan fingerprint density at radius 3 is 2.48 bits per heavy atom. The SMILES string of the molecule is Cl.c1ccc(N2CCN(Cc3nc4ccccc4[nH]3)CC2)nc1. The lowest BCUT2D eigenvalue weighted by Gasteiger charge is -2.34. The summed E-state index contributed by atoms with van der Waals surface area (Å²) in [6.45, 7) is 4.97. The number of aromatic amines is 1. The summed E-state index contributed by atoms with van der Waals surface area (Å²) in [5, 5.41) is 0. The zero-order valence-corrected chi connectivity index (χ0v) is 13.7. The molecule has 120 valence electrons. The van der Waals surface area contributed by atoms with Crippen molar-refractivity contribution in [2.24, 2.45) is 0 Å². The molecule has 0 radical (unpaired) electrons. The third kappa shape index (κ3) is 3.46. The van der Waals surface area contributed by atoms with E-state index in [9.17, 15) is 0 Å². The molecule has 0 aliphatic carbocycles. The maximum absolute atomic E-state index is 4.66. The van der Waals surface area contributed by atoms with Crippen LogP contribution in [0, 0.1) is 0 Å². The number of para-hydroxylation sites is 2. The first-order valence-electron chi connectivity index (χ1n) is 7.70. The number of halogens is 1. The molecule has 0 unspecified atom stereocenters. The normalized spacial score (nSPS) is 15.6. The highest BCUT2D eigenvalue weighted by molar-refractivity contribution is 5.85. The topological polar surface area (TPSA) is 48.0 Å². The zero-order chi connectivity index (χ0) is 14.8. The van der Waals surface area contributed by atoms with Crippen LogP contribution in [0.4, 0.5) is 5.82 Å². The van der Waals surface area contributed by atoms with E-state index in [2.05, 4.69) is 36.9 Å². The van der Waals surface area contributed by atoms with Gasteiger partial charge < -0.3 is 9.88 Å². The summed E-state index contributed by atoms with van der Waals surface area (Å²) in [6.07, 6.45) is 1.86. The van der Waals surface area contributed by atoms with Crippen molar-refractivity contribution in [3.63, 3.8) is 0 Å². The molecule has 5 nitrogen and oxygen atoms in total. The maximum atomic E-state index is 4.66. The molecule has 1 aliphatic rings. The molecule has 1 saturated heterocycles. The maximum Gasteiger partial charge on any atom is 0.128 e. The molecular weight excluding hydrogens is 310 g/mol. The van der Waals surface area contributed by atoms with E-state index in [0.29, 0.717) is 0 Å². The fraction of sp³-hybridized carbons (Fsp3) is 0.294. The Balaban J connectivity index is 0.00000156. The van der Waals surface area contributed by atoms with Crippen LogP contribution in [-0.4, -0.2) is 46.0 Å². The van der Waals surface area contributed by atoms with Crippen LogP contribution >= 0.6 is 12.4 Å². The van der Waals surface area contributed by atoms with E-state index in [0.717, 1.165) is 55.4 Å². The van der Waals surface area contributed by atoms with Gasteiger partial charge in [-0.1, -0.05) is 18.2 Å². The molecule has 6 heteroatoms. The van der Waals surface area contributed by atoms with Crippen molar-refractivity contribution in [2.45, 2.75) is 6.54 Å². The van der Waals surface area contributed by atoms with E-state index in [1.54, 1.807) is 0 Å². The van der Waals surface area contributed by atoms with Crippen LogP contribution < -0.4 is 4.90 Å². The lowest BCUT2D eigenvalue weighted by molar-refractivity contribution is 0.244. The standard InChI is InChI=1S/C17H19N5.ClH/c1-2-6-15-14(5-1)19-16(20-15)13-21-9-11-22(12-10-21)17-7-3-4-8-18-17;/h1-8H,9-13H2,(H,19,20);1H. The number of rotatable bonds is 3. The average molecular weight is 330 g/mol. The molecular formula is C17H20ClN5. The van der Waals surface area contributed by atoms with E-state index in [-0.39, 0.29) is 12.4 Å². The van der Waals surface area contributed by atoms with Gasteiger partial charge in [-0.2, -0.15) is 0 Å². The minimum Gasteiger partial charge on any atom is -0.354 e. The largest absolute Gasteiger partial charge is 0.354 e. The first kappa shape index (κ1) is 15.8. The highest BCUT2D eigenvalue weighted by Crippen LogP contribution is 2.15. The van der Waals surface area contributed by atoms with Gasteiger partial charge in [0.25, 0.3) is 0 Å². The highest BCUT2D eigenvalue weighted by Gasteiger charge is 2.18. The lowest BCUT2D eigenvalue weighted by atomic mass is 10.3. The van der Waals surface area contributed by atoms with E-state index in [4.69, 9.17) is 0 Å². The van der Waals surface area contributed by atoms with Gasteiger partial charge in [0.1, 0.15) is 11.6 Å².